The first-order valence-electron chi connectivity index (χ1n) is 8.94. The molecular formula is C16H33N4O6P. The quantitative estimate of drug-likeness (QED) is 0.183. The monoisotopic (exact) mass is 408 g/mol. The molecule has 0 heterocycles. The van der Waals surface area contributed by atoms with Gasteiger partial charge in [-0.25, -0.2) is 4.79 Å². The Morgan fingerprint density at radius 1 is 1.19 bits per heavy atom. The highest BCUT2D eigenvalue weighted by Gasteiger charge is 2.46. The van der Waals surface area contributed by atoms with Crippen LogP contribution in [0, 0.1) is 5.92 Å². The third-order valence-electron chi connectivity index (χ3n) is 4.73. The van der Waals surface area contributed by atoms with Crippen LogP contribution in [0.4, 0.5) is 0 Å². The summed E-state index contributed by atoms with van der Waals surface area (Å²) in [6, 6.07) is -2.71. The van der Waals surface area contributed by atoms with Gasteiger partial charge in [-0.15, -0.1) is 0 Å². The molecule has 0 aliphatic carbocycles. The number of carbonyl (C=O) groups is 3. The van der Waals surface area contributed by atoms with E-state index in [0.717, 1.165) is 0 Å². The van der Waals surface area contributed by atoms with Crippen molar-refractivity contribution in [1.29, 1.82) is 0 Å². The first kappa shape index (κ1) is 25.7. The molecular weight excluding hydrogens is 375 g/mol. The molecule has 11 heteroatoms. The Bertz CT molecular complexity index is 599. The van der Waals surface area contributed by atoms with Gasteiger partial charge in [-0.2, -0.15) is 0 Å². The van der Waals surface area contributed by atoms with E-state index >= 15 is 0 Å². The summed E-state index contributed by atoms with van der Waals surface area (Å²) in [6.45, 7) is 6.56. The van der Waals surface area contributed by atoms with Crippen LogP contribution < -0.4 is 22.5 Å². The number of ketones is 1. The lowest BCUT2D eigenvalue weighted by Gasteiger charge is -2.32. The average molecular weight is 408 g/mol. The molecule has 0 aliphatic heterocycles. The zero-order chi connectivity index (χ0) is 21.6. The lowest BCUT2D eigenvalue weighted by molar-refractivity contribution is -0.144. The molecule has 0 aliphatic rings. The van der Waals surface area contributed by atoms with Crippen LogP contribution in [-0.4, -0.2) is 57.2 Å². The molecule has 6 atom stereocenters. The summed E-state index contributed by atoms with van der Waals surface area (Å²) in [4.78, 5) is 46.7. The van der Waals surface area contributed by atoms with Gasteiger partial charge in [0.1, 0.15) is 6.04 Å². The molecule has 0 spiro atoms. The Balaban J connectivity index is 5.64. The number of amides is 1. The van der Waals surface area contributed by atoms with Crippen molar-refractivity contribution in [3.8, 4) is 0 Å². The Hall–Kier alpha value is -1.32. The van der Waals surface area contributed by atoms with Crippen molar-refractivity contribution < 1.29 is 28.9 Å². The van der Waals surface area contributed by atoms with E-state index in [0.29, 0.717) is 12.8 Å². The van der Waals surface area contributed by atoms with Crippen LogP contribution in [0.15, 0.2) is 0 Å². The van der Waals surface area contributed by atoms with Gasteiger partial charge in [0.05, 0.1) is 18.0 Å². The largest absolute Gasteiger partial charge is 0.480 e. The molecule has 10 nitrogen and oxygen atoms in total. The van der Waals surface area contributed by atoms with Gasteiger partial charge < -0.3 is 32.5 Å². The van der Waals surface area contributed by atoms with Crippen LogP contribution in [0.25, 0.3) is 0 Å². The number of rotatable bonds is 12. The molecule has 3 unspecified atom stereocenters. The van der Waals surface area contributed by atoms with Gasteiger partial charge in [0.2, 0.25) is 13.3 Å². The minimum atomic E-state index is -4.03. The summed E-state index contributed by atoms with van der Waals surface area (Å²) in [6.07, 6.45) is 0.146. The van der Waals surface area contributed by atoms with E-state index in [9.17, 15) is 28.9 Å². The third kappa shape index (κ3) is 6.65. The van der Waals surface area contributed by atoms with Crippen molar-refractivity contribution >= 4 is 25.0 Å². The average Bonchev–Trinajstić information content (AvgIpc) is 2.58. The second kappa shape index (κ2) is 10.3. The Morgan fingerprint density at radius 3 is 2.07 bits per heavy atom. The van der Waals surface area contributed by atoms with Gasteiger partial charge in [-0.05, 0) is 19.3 Å². The molecule has 0 bridgehead atoms. The summed E-state index contributed by atoms with van der Waals surface area (Å²) in [5, 5.41) is 11.4. The summed E-state index contributed by atoms with van der Waals surface area (Å²) in [5.41, 5.74) is 15.4. The Kier molecular flexibility index (Phi) is 9.78. The fourth-order valence-electron chi connectivity index (χ4n) is 2.45. The number of nitrogens with two attached hydrogens (primary N) is 3. The first-order valence-corrected chi connectivity index (χ1v) is 10.9. The van der Waals surface area contributed by atoms with Crippen LogP contribution in [0.2, 0.25) is 0 Å². The smallest absolute Gasteiger partial charge is 0.326 e. The molecule has 27 heavy (non-hydrogen) atoms. The lowest BCUT2D eigenvalue weighted by atomic mass is 9.81. The molecule has 0 saturated carbocycles. The molecule has 1 amide bonds. The second-order valence-electron chi connectivity index (χ2n) is 7.04. The van der Waals surface area contributed by atoms with Crippen LogP contribution >= 0.6 is 7.37 Å². The number of Topliss-reactive ketones (excluding diaryl/α,β-unsaturated/α-hetero) is 1. The standard InChI is InChI=1S/C16H33N4O6P/c1-5-7-16(19,13(21)12(18)9(3)6-2)15(24)20-11(14(22)23)8-27(25,26)10(4)17/h9-12H,5-8,17-19H2,1-4H3,(H,20,24)(H,22,23)(H,25,26)/t9-,10?,11?,12-,16+/m0/s1. The molecule has 0 aromatic heterocycles. The summed E-state index contributed by atoms with van der Waals surface area (Å²) >= 11 is 0. The molecule has 0 rings (SSSR count). The van der Waals surface area contributed by atoms with Gasteiger partial charge in [0.15, 0.2) is 11.3 Å². The highest BCUT2D eigenvalue weighted by molar-refractivity contribution is 7.58. The number of aliphatic carboxylic acids is 1. The molecule has 9 N–H and O–H groups in total. The van der Waals surface area contributed by atoms with Gasteiger partial charge in [-0.3, -0.25) is 14.2 Å². The highest BCUT2D eigenvalue weighted by Crippen LogP contribution is 2.44. The number of carboxylic acids is 1. The summed E-state index contributed by atoms with van der Waals surface area (Å²) in [5.74, 6) is -4.66. The molecule has 0 aromatic carbocycles. The molecule has 158 valence electrons. The SMILES string of the molecule is CCC[C@](N)(C(=O)NC(CP(=O)(O)C(C)N)C(=O)O)C(=O)[C@@H](N)[C@@H](C)CC. The topological polar surface area (TPSA) is 199 Å². The van der Waals surface area contributed by atoms with Gasteiger partial charge in [0.25, 0.3) is 0 Å². The Morgan fingerprint density at radius 2 is 1.70 bits per heavy atom. The van der Waals surface area contributed by atoms with Crippen molar-refractivity contribution in [3.63, 3.8) is 0 Å². The zero-order valence-electron chi connectivity index (χ0n) is 16.3. The summed E-state index contributed by atoms with van der Waals surface area (Å²) < 4.78 is 12.1. The van der Waals surface area contributed by atoms with E-state index in [1.165, 1.54) is 6.92 Å². The van der Waals surface area contributed by atoms with Crippen LogP contribution in [0.3, 0.4) is 0 Å². The first-order chi connectivity index (χ1) is 12.2. The van der Waals surface area contributed by atoms with E-state index < -0.39 is 54.6 Å². The fraction of sp³-hybridized carbons (Fsp3) is 0.812. The molecule has 0 aromatic rings. The van der Waals surface area contributed by atoms with Crippen molar-refractivity contribution in [2.75, 3.05) is 6.16 Å². The van der Waals surface area contributed by atoms with Gasteiger partial charge in [-0.1, -0.05) is 33.6 Å². The number of carbonyl (C=O) groups excluding carboxylic acids is 2. The van der Waals surface area contributed by atoms with Crippen molar-refractivity contribution in [2.45, 2.75) is 70.4 Å². The maximum atomic E-state index is 12.8. The lowest BCUT2D eigenvalue weighted by Crippen LogP contribution is -2.66. The maximum absolute atomic E-state index is 12.8. The highest BCUT2D eigenvalue weighted by atomic mass is 31.2. The van der Waals surface area contributed by atoms with Gasteiger partial charge >= 0.3 is 5.97 Å². The number of nitrogens with one attached hydrogen (secondary N) is 1. The molecule has 0 fully saturated rings. The van der Waals surface area contributed by atoms with Crippen molar-refractivity contribution in [3.05, 3.63) is 0 Å². The van der Waals surface area contributed by atoms with Crippen molar-refractivity contribution in [2.24, 2.45) is 23.1 Å². The summed E-state index contributed by atoms with van der Waals surface area (Å²) in [7, 11) is -4.03. The normalized spacial score (nSPS) is 20.4. The van der Waals surface area contributed by atoms with E-state index in [2.05, 4.69) is 5.32 Å². The van der Waals surface area contributed by atoms with E-state index in [-0.39, 0.29) is 12.3 Å². The molecule has 0 radical (unpaired) electrons. The van der Waals surface area contributed by atoms with Gasteiger partial charge in [0, 0.05) is 0 Å². The van der Waals surface area contributed by atoms with E-state index in [4.69, 9.17) is 17.2 Å². The number of hydrogen-bond donors (Lipinski definition) is 6. The van der Waals surface area contributed by atoms with Crippen molar-refractivity contribution in [1.82, 2.24) is 5.32 Å². The van der Waals surface area contributed by atoms with Crippen LogP contribution in [0.5, 0.6) is 0 Å². The minimum absolute atomic E-state index is 0.0434. The van der Waals surface area contributed by atoms with E-state index in [1.54, 1.807) is 13.8 Å². The minimum Gasteiger partial charge on any atom is -0.480 e. The molecule has 0 saturated heterocycles. The zero-order valence-corrected chi connectivity index (χ0v) is 17.2. The van der Waals surface area contributed by atoms with E-state index in [1.807, 2.05) is 6.92 Å². The van der Waals surface area contributed by atoms with Crippen LogP contribution in [-0.2, 0) is 18.9 Å². The predicted octanol–water partition coefficient (Wildman–Crippen LogP) is -0.429. The number of carboxylic acid groups (broad SMARTS) is 1. The number of hydrogen-bond acceptors (Lipinski definition) is 7. The maximum Gasteiger partial charge on any atom is 0.326 e. The Labute approximate surface area is 159 Å². The predicted molar refractivity (Wildman–Crippen MR) is 102 cm³/mol. The fourth-order valence-corrected chi connectivity index (χ4v) is 3.56. The second-order valence-corrected chi connectivity index (χ2v) is 9.73. The third-order valence-corrected chi connectivity index (χ3v) is 6.89. The van der Waals surface area contributed by atoms with Crippen LogP contribution in [0.1, 0.15) is 47.0 Å².